The molecule has 1 spiro atoms. The van der Waals surface area contributed by atoms with E-state index >= 15 is 0 Å². The van der Waals surface area contributed by atoms with Crippen LogP contribution < -0.4 is 14.4 Å². The molecule has 0 unspecified atom stereocenters. The minimum absolute atomic E-state index is 0.133. The maximum Gasteiger partial charge on any atom is 0.262 e. The number of amides is 1. The summed E-state index contributed by atoms with van der Waals surface area (Å²) < 4.78 is 35.4. The molecule has 218 valence electrons. The second kappa shape index (κ2) is 10.7. The number of benzene rings is 2. The van der Waals surface area contributed by atoms with Crippen molar-refractivity contribution >= 4 is 38.2 Å². The summed E-state index contributed by atoms with van der Waals surface area (Å²) in [6, 6.07) is 14.4. The number of nitrogens with zero attached hydrogens (tertiary/aromatic N) is 4. The van der Waals surface area contributed by atoms with Crippen LogP contribution in [0.15, 0.2) is 65.8 Å². The lowest BCUT2D eigenvalue weighted by Crippen LogP contribution is -2.43. The molecule has 1 aliphatic heterocycles. The number of carbonyl (C=O) groups excluding carboxylic acids is 1. The molecule has 2 aromatic carbocycles. The Balaban J connectivity index is 1.40. The number of aryl methyl sites for hydroxylation is 1. The highest BCUT2D eigenvalue weighted by Gasteiger charge is 2.54. The van der Waals surface area contributed by atoms with Crippen LogP contribution in [0.1, 0.15) is 36.8 Å². The number of likely N-dealkylation sites (N-methyl/N-ethyl adjacent to an activating group) is 1. The number of sulfonamides is 1. The molecule has 0 bridgehead atoms. The molecular weight excluding hydrogens is 550 g/mol. The predicted octanol–water partition coefficient (Wildman–Crippen LogP) is 5.13. The van der Waals surface area contributed by atoms with Crippen LogP contribution >= 0.6 is 0 Å². The Kier molecular flexibility index (Phi) is 7.14. The van der Waals surface area contributed by atoms with Gasteiger partial charge in [0.05, 0.1) is 34.3 Å². The van der Waals surface area contributed by atoms with Crippen LogP contribution in [-0.2, 0) is 20.2 Å². The molecule has 0 atom stereocenters. The van der Waals surface area contributed by atoms with Crippen molar-refractivity contribution in [2.45, 2.75) is 42.9 Å². The topological polar surface area (TPSA) is 105 Å². The quantitative estimate of drug-likeness (QED) is 0.272. The smallest absolute Gasteiger partial charge is 0.262 e. The van der Waals surface area contributed by atoms with Crippen LogP contribution in [0, 0.1) is 6.92 Å². The normalized spacial score (nSPS) is 15.7. The van der Waals surface area contributed by atoms with Crippen molar-refractivity contribution < 1.29 is 17.9 Å². The second-order valence-electron chi connectivity index (χ2n) is 11.6. The van der Waals surface area contributed by atoms with E-state index in [0.717, 1.165) is 71.1 Å². The first-order valence-corrected chi connectivity index (χ1v) is 15.7. The molecule has 0 radical (unpaired) electrons. The van der Waals surface area contributed by atoms with Crippen molar-refractivity contribution in [3.8, 4) is 17.0 Å². The first kappa shape index (κ1) is 28.1. The van der Waals surface area contributed by atoms with Gasteiger partial charge in [0, 0.05) is 36.3 Å². The molecule has 1 saturated carbocycles. The minimum atomic E-state index is -3.89. The largest absolute Gasteiger partial charge is 0.476 e. The van der Waals surface area contributed by atoms with E-state index in [2.05, 4.69) is 19.6 Å². The van der Waals surface area contributed by atoms with Crippen molar-refractivity contribution in [3.63, 3.8) is 0 Å². The minimum Gasteiger partial charge on any atom is -0.476 e. The highest BCUT2D eigenvalue weighted by Crippen LogP contribution is 2.55. The standard InChI is InChI=1S/C32H35N5O4S/c1-21-7-10-24(11-8-21)42(39,40)35-27-18-23(19-34-30(27)41-16-6-15-36(2)3)22-9-12-26-25(17-22)29-28(20-33-26)37(4)31(38)32(29)13-5-14-32/h7-12,17-20,35H,5-6,13-16H2,1-4H3. The molecular formula is C32H35N5O4S. The molecule has 9 nitrogen and oxygen atoms in total. The first-order chi connectivity index (χ1) is 20.1. The number of fused-ring (bicyclic) bond motifs is 4. The Morgan fingerprint density at radius 3 is 2.48 bits per heavy atom. The number of nitrogens with one attached hydrogen (secondary N) is 1. The molecule has 1 fully saturated rings. The molecule has 6 rings (SSSR count). The van der Waals surface area contributed by atoms with Crippen LogP contribution in [0.3, 0.4) is 0 Å². The fourth-order valence-electron chi connectivity index (χ4n) is 5.92. The Bertz CT molecular complexity index is 1780. The Morgan fingerprint density at radius 2 is 1.79 bits per heavy atom. The van der Waals surface area contributed by atoms with Gasteiger partial charge in [0.1, 0.15) is 5.69 Å². The lowest BCUT2D eigenvalue weighted by Gasteiger charge is -2.37. The third-order valence-corrected chi connectivity index (χ3v) is 9.74. The zero-order chi connectivity index (χ0) is 29.6. The molecule has 4 aromatic rings. The van der Waals surface area contributed by atoms with Crippen LogP contribution in [0.4, 0.5) is 11.4 Å². The first-order valence-electron chi connectivity index (χ1n) is 14.2. The van der Waals surface area contributed by atoms with Crippen LogP contribution in [0.25, 0.3) is 22.0 Å². The summed E-state index contributed by atoms with van der Waals surface area (Å²) in [5.41, 5.74) is 5.03. The zero-order valence-corrected chi connectivity index (χ0v) is 25.2. The third-order valence-electron chi connectivity index (χ3n) is 8.36. The molecule has 2 aliphatic rings. The van der Waals surface area contributed by atoms with Crippen molar-refractivity contribution in [1.29, 1.82) is 0 Å². The number of hydrogen-bond donors (Lipinski definition) is 1. The van der Waals surface area contributed by atoms with Crippen molar-refractivity contribution in [2.24, 2.45) is 0 Å². The monoisotopic (exact) mass is 585 g/mol. The maximum absolute atomic E-state index is 13.4. The Morgan fingerprint density at radius 1 is 1.02 bits per heavy atom. The zero-order valence-electron chi connectivity index (χ0n) is 24.3. The average Bonchev–Trinajstić information content (AvgIpc) is 3.18. The molecule has 10 heteroatoms. The number of carbonyl (C=O) groups is 1. The van der Waals surface area contributed by atoms with Gasteiger partial charge in [0.25, 0.3) is 10.0 Å². The van der Waals surface area contributed by atoms with Gasteiger partial charge in [-0.15, -0.1) is 0 Å². The van der Waals surface area contributed by atoms with Crippen LogP contribution in [0.5, 0.6) is 5.88 Å². The molecule has 2 aromatic heterocycles. The second-order valence-corrected chi connectivity index (χ2v) is 13.2. The van der Waals surface area contributed by atoms with Crippen LogP contribution in [-0.4, -0.2) is 63.5 Å². The Hall–Kier alpha value is -4.02. The SMILES string of the molecule is Cc1ccc(S(=O)(=O)Nc2cc(-c3ccc4ncc5c(c4c3)C3(CCC3)C(=O)N5C)cnc2OCCCN(C)C)cc1. The Labute approximate surface area is 246 Å². The van der Waals surface area contributed by atoms with Gasteiger partial charge >= 0.3 is 0 Å². The van der Waals surface area contributed by atoms with Crippen molar-refractivity contribution in [1.82, 2.24) is 14.9 Å². The van der Waals surface area contributed by atoms with Gasteiger partial charge < -0.3 is 14.5 Å². The van der Waals surface area contributed by atoms with Crippen molar-refractivity contribution in [3.05, 3.63) is 72.1 Å². The lowest BCUT2D eigenvalue weighted by molar-refractivity contribution is -0.125. The molecule has 0 saturated heterocycles. The van der Waals surface area contributed by atoms with Gasteiger partial charge in [0.15, 0.2) is 0 Å². The summed E-state index contributed by atoms with van der Waals surface area (Å²) >= 11 is 0. The fraction of sp³-hybridized carbons (Fsp3) is 0.344. The fourth-order valence-corrected chi connectivity index (χ4v) is 6.97. The number of rotatable bonds is 9. The predicted molar refractivity (Wildman–Crippen MR) is 165 cm³/mol. The average molecular weight is 586 g/mol. The van der Waals surface area contributed by atoms with E-state index in [9.17, 15) is 13.2 Å². The third kappa shape index (κ3) is 4.88. The van der Waals surface area contributed by atoms with E-state index in [1.54, 1.807) is 47.6 Å². The highest BCUT2D eigenvalue weighted by molar-refractivity contribution is 7.92. The van der Waals surface area contributed by atoms with E-state index in [0.29, 0.717) is 6.61 Å². The lowest BCUT2D eigenvalue weighted by atomic mass is 9.64. The summed E-state index contributed by atoms with van der Waals surface area (Å²) in [6.07, 6.45) is 6.94. The maximum atomic E-state index is 13.4. The summed E-state index contributed by atoms with van der Waals surface area (Å²) in [4.78, 5) is 26.4. The number of pyridine rings is 2. The summed E-state index contributed by atoms with van der Waals surface area (Å²) in [5, 5.41) is 0.938. The molecule has 42 heavy (non-hydrogen) atoms. The molecule has 3 heterocycles. The van der Waals surface area contributed by atoms with Crippen molar-refractivity contribution in [2.75, 3.05) is 43.9 Å². The molecule has 1 amide bonds. The van der Waals surface area contributed by atoms with Gasteiger partial charge in [-0.3, -0.25) is 14.5 Å². The number of hydrogen-bond acceptors (Lipinski definition) is 7. The van der Waals surface area contributed by atoms with E-state index in [4.69, 9.17) is 4.74 Å². The summed E-state index contributed by atoms with van der Waals surface area (Å²) in [5.74, 6) is 0.353. The number of ether oxygens (including phenoxy) is 1. The summed E-state index contributed by atoms with van der Waals surface area (Å²) in [6.45, 7) is 3.13. The van der Waals surface area contributed by atoms with Crippen LogP contribution in [0.2, 0.25) is 0 Å². The van der Waals surface area contributed by atoms with E-state index < -0.39 is 15.4 Å². The number of aromatic nitrogens is 2. The van der Waals surface area contributed by atoms with E-state index in [-0.39, 0.29) is 22.4 Å². The van der Waals surface area contributed by atoms with Gasteiger partial charge in [-0.05, 0) is 76.2 Å². The number of anilines is 2. The van der Waals surface area contributed by atoms with E-state index in [1.807, 2.05) is 46.3 Å². The van der Waals surface area contributed by atoms with Gasteiger partial charge in [-0.25, -0.2) is 13.4 Å². The highest BCUT2D eigenvalue weighted by atomic mass is 32.2. The molecule has 1 aliphatic carbocycles. The van der Waals surface area contributed by atoms with Gasteiger partial charge in [-0.2, -0.15) is 0 Å². The summed E-state index contributed by atoms with van der Waals surface area (Å²) in [7, 11) is 1.90. The molecule has 1 N–H and O–H groups in total. The van der Waals surface area contributed by atoms with Gasteiger partial charge in [0.2, 0.25) is 11.8 Å². The van der Waals surface area contributed by atoms with E-state index in [1.165, 1.54) is 0 Å². The van der Waals surface area contributed by atoms with Gasteiger partial charge in [-0.1, -0.05) is 30.2 Å².